The van der Waals surface area contributed by atoms with Gasteiger partial charge in [0.1, 0.15) is 11.4 Å². The van der Waals surface area contributed by atoms with Crippen LogP contribution in [0.25, 0.3) is 0 Å². The number of rotatable bonds is 7. The number of hydrogen-bond acceptors (Lipinski definition) is 5. The Morgan fingerprint density at radius 3 is 1.67 bits per heavy atom. The summed E-state index contributed by atoms with van der Waals surface area (Å²) in [6, 6.07) is 15.9. The van der Waals surface area contributed by atoms with E-state index in [1.165, 1.54) is 36.7 Å². The first-order valence-electron chi connectivity index (χ1n) is 13.3. The van der Waals surface area contributed by atoms with Crippen molar-refractivity contribution in [3.8, 4) is 11.6 Å². The van der Waals surface area contributed by atoms with Gasteiger partial charge in [0.25, 0.3) is 0 Å². The zero-order valence-corrected chi connectivity index (χ0v) is 22.2. The summed E-state index contributed by atoms with van der Waals surface area (Å²) in [5.74, 6) is 0.544. The van der Waals surface area contributed by atoms with E-state index in [0.29, 0.717) is 44.1 Å². The highest BCUT2D eigenvalue weighted by molar-refractivity contribution is 5.40. The molecule has 42 heavy (non-hydrogen) atoms. The molecule has 0 unspecified atom stereocenters. The van der Waals surface area contributed by atoms with Crippen LogP contribution in [0.3, 0.4) is 0 Å². The van der Waals surface area contributed by atoms with E-state index < -0.39 is 35.0 Å². The number of nitrogens with zero attached hydrogens (tertiary/aromatic N) is 3. The SMILES string of the molecule is OC(c1ccc(C(F)(F)F)cc1)(c1ccc(C(F)(F)F)cc1)C1CCN(Cc2ccc(Oc3cnccn3)cc2)CC1. The number of aromatic nitrogens is 2. The summed E-state index contributed by atoms with van der Waals surface area (Å²) in [5.41, 5.74) is -2.09. The zero-order chi connectivity index (χ0) is 30.0. The predicted octanol–water partition coefficient (Wildman–Crippen LogP) is 7.45. The van der Waals surface area contributed by atoms with Crippen molar-refractivity contribution >= 4 is 0 Å². The molecule has 0 aliphatic carbocycles. The highest BCUT2D eigenvalue weighted by atomic mass is 19.4. The largest absolute Gasteiger partial charge is 0.438 e. The summed E-state index contributed by atoms with van der Waals surface area (Å²) in [5, 5.41) is 12.1. The minimum Gasteiger partial charge on any atom is -0.438 e. The van der Waals surface area contributed by atoms with Gasteiger partial charge in [-0.3, -0.25) is 9.88 Å². The van der Waals surface area contributed by atoms with E-state index in [4.69, 9.17) is 4.74 Å². The fourth-order valence-electron chi connectivity index (χ4n) is 5.35. The lowest BCUT2D eigenvalue weighted by atomic mass is 9.71. The summed E-state index contributed by atoms with van der Waals surface area (Å²) in [7, 11) is 0. The molecule has 1 aliphatic rings. The summed E-state index contributed by atoms with van der Waals surface area (Å²) in [6.07, 6.45) is -3.57. The molecule has 1 N–H and O–H groups in total. The van der Waals surface area contributed by atoms with Crippen LogP contribution in [-0.4, -0.2) is 33.1 Å². The standard InChI is InChI=1S/C31H27F6N3O2/c32-30(33,34)25-7-3-22(4-8-25)29(41,23-5-9-26(10-6-23)31(35,36)37)24-13-17-40(18-14-24)20-21-1-11-27(12-2-21)42-28-19-38-15-16-39-28/h1-12,15-16,19,24,41H,13-14,17-18,20H2. The molecule has 0 spiro atoms. The number of benzene rings is 3. The highest BCUT2D eigenvalue weighted by Crippen LogP contribution is 2.44. The molecule has 0 atom stereocenters. The molecule has 220 valence electrons. The third-order valence-corrected chi connectivity index (χ3v) is 7.57. The van der Waals surface area contributed by atoms with Crippen LogP contribution in [0.15, 0.2) is 91.4 Å². The average molecular weight is 588 g/mol. The Kier molecular flexibility index (Phi) is 8.25. The van der Waals surface area contributed by atoms with Crippen LogP contribution in [0, 0.1) is 5.92 Å². The molecule has 1 aromatic heterocycles. The van der Waals surface area contributed by atoms with Crippen molar-refractivity contribution in [3.63, 3.8) is 0 Å². The number of hydrogen-bond donors (Lipinski definition) is 1. The first-order chi connectivity index (χ1) is 19.9. The molecule has 11 heteroatoms. The molecule has 0 saturated carbocycles. The van der Waals surface area contributed by atoms with Gasteiger partial charge in [0.15, 0.2) is 0 Å². The second kappa shape index (κ2) is 11.7. The van der Waals surface area contributed by atoms with Crippen LogP contribution in [0.4, 0.5) is 26.3 Å². The number of aliphatic hydroxyl groups is 1. The van der Waals surface area contributed by atoms with Gasteiger partial charge in [0, 0.05) is 18.9 Å². The molecular formula is C31H27F6N3O2. The summed E-state index contributed by atoms with van der Waals surface area (Å²) in [6.45, 7) is 1.77. The van der Waals surface area contributed by atoms with Crippen LogP contribution in [0.1, 0.15) is 40.7 Å². The van der Waals surface area contributed by atoms with Crippen molar-refractivity contribution in [2.24, 2.45) is 5.92 Å². The lowest BCUT2D eigenvalue weighted by Crippen LogP contribution is -2.44. The fourth-order valence-corrected chi connectivity index (χ4v) is 5.35. The van der Waals surface area contributed by atoms with Crippen LogP contribution >= 0.6 is 0 Å². The van der Waals surface area contributed by atoms with Gasteiger partial charge in [-0.1, -0.05) is 36.4 Å². The van der Waals surface area contributed by atoms with E-state index in [-0.39, 0.29) is 11.1 Å². The smallest absolute Gasteiger partial charge is 0.416 e. The molecular weight excluding hydrogens is 560 g/mol. The number of alkyl halides is 6. The first kappa shape index (κ1) is 29.5. The van der Waals surface area contributed by atoms with Gasteiger partial charge >= 0.3 is 12.4 Å². The third-order valence-electron chi connectivity index (χ3n) is 7.57. The Hall–Kier alpha value is -3.96. The fraction of sp³-hybridized carbons (Fsp3) is 0.290. The summed E-state index contributed by atoms with van der Waals surface area (Å²) >= 11 is 0. The molecule has 0 bridgehead atoms. The van der Waals surface area contributed by atoms with Crippen molar-refractivity contribution in [2.45, 2.75) is 37.3 Å². The average Bonchev–Trinajstić information content (AvgIpc) is 2.98. The van der Waals surface area contributed by atoms with Gasteiger partial charge in [-0.15, -0.1) is 0 Å². The zero-order valence-electron chi connectivity index (χ0n) is 22.2. The molecule has 1 aliphatic heterocycles. The molecule has 3 aromatic carbocycles. The van der Waals surface area contributed by atoms with Gasteiger partial charge in [0.05, 0.1) is 17.3 Å². The highest BCUT2D eigenvalue weighted by Gasteiger charge is 2.43. The second-order valence-corrected chi connectivity index (χ2v) is 10.3. The normalized spacial score (nSPS) is 15.5. The predicted molar refractivity (Wildman–Crippen MR) is 142 cm³/mol. The molecule has 0 amide bonds. The lowest BCUT2D eigenvalue weighted by molar-refractivity contribution is -0.138. The molecule has 5 nitrogen and oxygen atoms in total. The van der Waals surface area contributed by atoms with Gasteiger partial charge in [-0.25, -0.2) is 4.98 Å². The topological polar surface area (TPSA) is 58.5 Å². The van der Waals surface area contributed by atoms with Crippen molar-refractivity contribution in [1.82, 2.24) is 14.9 Å². The maximum atomic E-state index is 13.2. The minimum atomic E-state index is -4.56. The number of likely N-dealkylation sites (tertiary alicyclic amines) is 1. The summed E-state index contributed by atoms with van der Waals surface area (Å²) < 4.78 is 84.9. The van der Waals surface area contributed by atoms with Crippen molar-refractivity contribution in [2.75, 3.05) is 13.1 Å². The maximum Gasteiger partial charge on any atom is 0.416 e. The number of piperidine rings is 1. The van der Waals surface area contributed by atoms with Gasteiger partial charge in [-0.2, -0.15) is 26.3 Å². The molecule has 1 saturated heterocycles. The van der Waals surface area contributed by atoms with Crippen molar-refractivity contribution < 1.29 is 36.2 Å². The van der Waals surface area contributed by atoms with Gasteiger partial charge < -0.3 is 9.84 Å². The molecule has 2 heterocycles. The van der Waals surface area contributed by atoms with Gasteiger partial charge in [0.2, 0.25) is 5.88 Å². The van der Waals surface area contributed by atoms with E-state index in [0.717, 1.165) is 29.8 Å². The van der Waals surface area contributed by atoms with E-state index >= 15 is 0 Å². The van der Waals surface area contributed by atoms with Crippen LogP contribution in [-0.2, 0) is 24.5 Å². The van der Waals surface area contributed by atoms with Crippen LogP contribution < -0.4 is 4.74 Å². The lowest BCUT2D eigenvalue weighted by Gasteiger charge is -2.42. The van der Waals surface area contributed by atoms with Crippen molar-refractivity contribution in [3.05, 3.63) is 119 Å². The first-order valence-corrected chi connectivity index (χ1v) is 13.3. The van der Waals surface area contributed by atoms with Crippen molar-refractivity contribution in [1.29, 1.82) is 0 Å². The Labute approximate surface area is 238 Å². The van der Waals surface area contributed by atoms with E-state index in [1.54, 1.807) is 6.20 Å². The Morgan fingerprint density at radius 1 is 0.714 bits per heavy atom. The Morgan fingerprint density at radius 2 is 1.21 bits per heavy atom. The number of ether oxygens (including phenoxy) is 1. The molecule has 5 rings (SSSR count). The Balaban J connectivity index is 1.32. The van der Waals surface area contributed by atoms with Crippen LogP contribution in [0.2, 0.25) is 0 Å². The second-order valence-electron chi connectivity index (χ2n) is 10.3. The third kappa shape index (κ3) is 6.57. The quantitative estimate of drug-likeness (QED) is 0.228. The Bertz CT molecular complexity index is 1390. The monoisotopic (exact) mass is 587 g/mol. The molecule has 1 fully saturated rings. The van der Waals surface area contributed by atoms with E-state index in [2.05, 4.69) is 14.9 Å². The van der Waals surface area contributed by atoms with E-state index in [1.807, 2.05) is 24.3 Å². The van der Waals surface area contributed by atoms with Crippen LogP contribution in [0.5, 0.6) is 11.6 Å². The molecule has 0 radical (unpaired) electrons. The van der Waals surface area contributed by atoms with Gasteiger partial charge in [-0.05, 0) is 84.9 Å². The van der Waals surface area contributed by atoms with E-state index in [9.17, 15) is 31.4 Å². The molecule has 4 aromatic rings. The maximum absolute atomic E-state index is 13.2. The summed E-state index contributed by atoms with van der Waals surface area (Å²) in [4.78, 5) is 10.2. The number of halogens is 6. The minimum absolute atomic E-state index is 0.201.